The molecule has 0 aliphatic carbocycles. The van der Waals surface area contributed by atoms with Crippen molar-refractivity contribution in [2.24, 2.45) is 0 Å². The molecule has 1 atom stereocenters. The quantitative estimate of drug-likeness (QED) is 0.538. The van der Waals surface area contributed by atoms with Gasteiger partial charge in [0.2, 0.25) is 5.91 Å². The normalized spacial score (nSPS) is 11.7. The Hall–Kier alpha value is -3.61. The molecule has 7 heteroatoms. The number of hydrogen-bond acceptors (Lipinski definition) is 3. The van der Waals surface area contributed by atoms with E-state index in [9.17, 15) is 19.5 Å². The van der Waals surface area contributed by atoms with Crippen LogP contribution in [0.4, 0.5) is 5.69 Å². The average Bonchev–Trinajstić information content (AvgIpc) is 3.04. The van der Waals surface area contributed by atoms with Crippen molar-refractivity contribution in [1.82, 2.24) is 10.3 Å². The fraction of sp³-hybridized carbons (Fsp3) is 0.150. The summed E-state index contributed by atoms with van der Waals surface area (Å²) in [6.07, 6.45) is 1.92. The van der Waals surface area contributed by atoms with E-state index in [4.69, 9.17) is 0 Å². The smallest absolute Gasteiger partial charge is 0.326 e. The number of aromatic amines is 1. The maximum absolute atomic E-state index is 12.4. The topological polar surface area (TPSA) is 111 Å². The van der Waals surface area contributed by atoms with Crippen LogP contribution in [0.15, 0.2) is 54.7 Å². The first kappa shape index (κ1) is 18.2. The first-order valence-corrected chi connectivity index (χ1v) is 8.40. The lowest BCUT2D eigenvalue weighted by molar-refractivity contribution is -0.139. The molecule has 0 bridgehead atoms. The summed E-state index contributed by atoms with van der Waals surface area (Å²) < 4.78 is 0. The summed E-state index contributed by atoms with van der Waals surface area (Å²) in [6.45, 7) is 1.39. The Morgan fingerprint density at radius 2 is 1.78 bits per heavy atom. The van der Waals surface area contributed by atoms with Crippen LogP contribution < -0.4 is 10.6 Å². The fourth-order valence-corrected chi connectivity index (χ4v) is 2.87. The number of para-hydroxylation sites is 1. The minimum absolute atomic E-state index is 0.162. The summed E-state index contributed by atoms with van der Waals surface area (Å²) in [5.74, 6) is -1.81. The van der Waals surface area contributed by atoms with E-state index in [0.717, 1.165) is 16.5 Å². The molecule has 3 rings (SSSR count). The highest BCUT2D eigenvalue weighted by molar-refractivity contribution is 5.97. The van der Waals surface area contributed by atoms with Crippen LogP contribution >= 0.6 is 0 Å². The number of carbonyl (C=O) groups is 3. The van der Waals surface area contributed by atoms with Crippen LogP contribution in [0.3, 0.4) is 0 Å². The predicted octanol–water partition coefficient (Wildman–Crippen LogP) is 2.55. The molecule has 1 heterocycles. The molecule has 2 aromatic carbocycles. The molecule has 0 aliphatic heterocycles. The van der Waals surface area contributed by atoms with Gasteiger partial charge >= 0.3 is 5.97 Å². The summed E-state index contributed by atoms with van der Waals surface area (Å²) in [6, 6.07) is 12.8. The number of carboxylic acid groups (broad SMARTS) is 1. The molecule has 0 aliphatic rings. The molecule has 4 N–H and O–H groups in total. The molecule has 0 spiro atoms. The largest absolute Gasteiger partial charge is 0.480 e. The summed E-state index contributed by atoms with van der Waals surface area (Å²) in [5.41, 5.74) is 2.61. The van der Waals surface area contributed by atoms with Gasteiger partial charge in [-0.2, -0.15) is 0 Å². The molecule has 0 fully saturated rings. The van der Waals surface area contributed by atoms with E-state index in [-0.39, 0.29) is 12.3 Å². The van der Waals surface area contributed by atoms with Crippen LogP contribution in [0.2, 0.25) is 0 Å². The second-order valence-electron chi connectivity index (χ2n) is 6.19. The highest BCUT2D eigenvalue weighted by Gasteiger charge is 2.22. The van der Waals surface area contributed by atoms with Crippen LogP contribution in [0.5, 0.6) is 0 Å². The Balaban J connectivity index is 1.73. The van der Waals surface area contributed by atoms with E-state index in [0.29, 0.717) is 11.3 Å². The molecule has 0 radical (unpaired) electrons. The Bertz CT molecular complexity index is 992. The first-order valence-electron chi connectivity index (χ1n) is 8.40. The second kappa shape index (κ2) is 7.74. The lowest BCUT2D eigenvalue weighted by Gasteiger charge is -2.14. The maximum atomic E-state index is 12.4. The SMILES string of the molecule is CC(=O)Nc1ccc(C(=O)N[C@H](Cc2c[nH]c3ccccc23)C(=O)O)cc1. The average molecular weight is 365 g/mol. The molecule has 27 heavy (non-hydrogen) atoms. The van der Waals surface area contributed by atoms with Crippen molar-refractivity contribution in [3.8, 4) is 0 Å². The Kier molecular flexibility index (Phi) is 5.21. The highest BCUT2D eigenvalue weighted by Crippen LogP contribution is 2.19. The van der Waals surface area contributed by atoms with Crippen molar-refractivity contribution >= 4 is 34.4 Å². The van der Waals surface area contributed by atoms with Crippen molar-refractivity contribution in [2.45, 2.75) is 19.4 Å². The Morgan fingerprint density at radius 1 is 1.07 bits per heavy atom. The molecule has 138 valence electrons. The number of amides is 2. The molecule has 0 saturated heterocycles. The number of H-pyrrole nitrogens is 1. The van der Waals surface area contributed by atoms with Gasteiger partial charge in [0.1, 0.15) is 6.04 Å². The number of benzene rings is 2. The van der Waals surface area contributed by atoms with Crippen LogP contribution in [0.25, 0.3) is 10.9 Å². The minimum atomic E-state index is -1.11. The van der Waals surface area contributed by atoms with E-state index < -0.39 is 17.9 Å². The molecular weight excluding hydrogens is 346 g/mol. The summed E-state index contributed by atoms with van der Waals surface area (Å²) in [7, 11) is 0. The van der Waals surface area contributed by atoms with E-state index in [2.05, 4.69) is 15.6 Å². The van der Waals surface area contributed by atoms with Crippen LogP contribution in [0.1, 0.15) is 22.8 Å². The number of carboxylic acids is 1. The van der Waals surface area contributed by atoms with Gasteiger partial charge in [0, 0.05) is 41.7 Å². The fourth-order valence-electron chi connectivity index (χ4n) is 2.87. The van der Waals surface area contributed by atoms with Crippen molar-refractivity contribution < 1.29 is 19.5 Å². The molecule has 3 aromatic rings. The zero-order chi connectivity index (χ0) is 19.4. The summed E-state index contributed by atoms with van der Waals surface area (Å²) >= 11 is 0. The third kappa shape index (κ3) is 4.33. The molecule has 2 amide bonds. The third-order valence-electron chi connectivity index (χ3n) is 4.17. The summed E-state index contributed by atoms with van der Waals surface area (Å²) in [4.78, 5) is 38.2. The van der Waals surface area contributed by atoms with Gasteiger partial charge in [-0.15, -0.1) is 0 Å². The highest BCUT2D eigenvalue weighted by atomic mass is 16.4. The van der Waals surface area contributed by atoms with E-state index in [1.54, 1.807) is 18.3 Å². The molecular formula is C20H19N3O4. The van der Waals surface area contributed by atoms with E-state index >= 15 is 0 Å². The second-order valence-corrected chi connectivity index (χ2v) is 6.19. The van der Waals surface area contributed by atoms with Crippen LogP contribution in [-0.2, 0) is 16.0 Å². The van der Waals surface area contributed by atoms with Gasteiger partial charge in [0.05, 0.1) is 0 Å². The van der Waals surface area contributed by atoms with Crippen molar-refractivity contribution in [2.75, 3.05) is 5.32 Å². The molecule has 0 unspecified atom stereocenters. The minimum Gasteiger partial charge on any atom is -0.480 e. The number of hydrogen-bond donors (Lipinski definition) is 4. The molecule has 1 aromatic heterocycles. The van der Waals surface area contributed by atoms with Crippen LogP contribution in [0, 0.1) is 0 Å². The van der Waals surface area contributed by atoms with Crippen molar-refractivity contribution in [3.63, 3.8) is 0 Å². The lowest BCUT2D eigenvalue weighted by atomic mass is 10.0. The molecule has 7 nitrogen and oxygen atoms in total. The van der Waals surface area contributed by atoms with Gasteiger partial charge in [-0.3, -0.25) is 9.59 Å². The van der Waals surface area contributed by atoms with Gasteiger partial charge in [0.25, 0.3) is 5.91 Å². The zero-order valence-corrected chi connectivity index (χ0v) is 14.7. The molecule has 0 saturated carbocycles. The predicted molar refractivity (Wildman–Crippen MR) is 102 cm³/mol. The number of carbonyl (C=O) groups excluding carboxylic acids is 2. The van der Waals surface area contributed by atoms with Gasteiger partial charge in [0.15, 0.2) is 0 Å². The number of aliphatic carboxylic acids is 1. The third-order valence-corrected chi connectivity index (χ3v) is 4.17. The van der Waals surface area contributed by atoms with Gasteiger partial charge in [-0.05, 0) is 35.9 Å². The Labute approximate surface area is 155 Å². The number of fused-ring (bicyclic) bond motifs is 1. The maximum Gasteiger partial charge on any atom is 0.326 e. The van der Waals surface area contributed by atoms with E-state index in [1.807, 2.05) is 24.3 Å². The van der Waals surface area contributed by atoms with Crippen LogP contribution in [-0.4, -0.2) is 33.9 Å². The van der Waals surface area contributed by atoms with Crippen molar-refractivity contribution in [1.29, 1.82) is 0 Å². The standard InChI is InChI=1S/C20H19N3O4/c1-12(24)22-15-8-6-13(7-9-15)19(25)23-18(20(26)27)10-14-11-21-17-5-3-2-4-16(14)17/h2-9,11,18,21H,10H2,1H3,(H,22,24)(H,23,25)(H,26,27)/t18-/m1/s1. The number of anilines is 1. The zero-order valence-electron chi connectivity index (χ0n) is 14.7. The number of nitrogens with one attached hydrogen (secondary N) is 3. The monoisotopic (exact) mass is 365 g/mol. The first-order chi connectivity index (χ1) is 12.9. The number of rotatable bonds is 6. The van der Waals surface area contributed by atoms with Gasteiger partial charge < -0.3 is 20.7 Å². The van der Waals surface area contributed by atoms with Crippen molar-refractivity contribution in [3.05, 3.63) is 65.9 Å². The van der Waals surface area contributed by atoms with E-state index in [1.165, 1.54) is 19.1 Å². The lowest BCUT2D eigenvalue weighted by Crippen LogP contribution is -2.42. The summed E-state index contributed by atoms with van der Waals surface area (Å²) in [5, 5.41) is 15.6. The number of aromatic nitrogens is 1. The van der Waals surface area contributed by atoms with Gasteiger partial charge in [-0.25, -0.2) is 4.79 Å². The Morgan fingerprint density at radius 3 is 2.44 bits per heavy atom. The van der Waals surface area contributed by atoms with Gasteiger partial charge in [-0.1, -0.05) is 18.2 Å².